The van der Waals surface area contributed by atoms with Crippen molar-refractivity contribution in [1.82, 2.24) is 20.6 Å². The van der Waals surface area contributed by atoms with Gasteiger partial charge in [0, 0.05) is 12.6 Å². The van der Waals surface area contributed by atoms with Gasteiger partial charge in [0.2, 0.25) is 0 Å². The third-order valence-electron chi connectivity index (χ3n) is 2.55. The number of nitrogens with zero attached hydrogens (tertiary/aromatic N) is 2. The fourth-order valence-electron chi connectivity index (χ4n) is 1.63. The lowest BCUT2D eigenvalue weighted by Crippen LogP contribution is -2.46. The number of aromatic nitrogens is 2. The first kappa shape index (κ1) is 17.6. The first-order valence-corrected chi connectivity index (χ1v) is 6.86. The van der Waals surface area contributed by atoms with Crippen LogP contribution in [0, 0.1) is 5.41 Å². The summed E-state index contributed by atoms with van der Waals surface area (Å²) in [7, 11) is 0. The number of amides is 1. The normalized spacial score (nSPS) is 11.5. The van der Waals surface area contributed by atoms with Crippen molar-refractivity contribution in [3.63, 3.8) is 0 Å². The summed E-state index contributed by atoms with van der Waals surface area (Å²) in [5.41, 5.74) is 16.2. The third-order valence-corrected chi connectivity index (χ3v) is 2.83. The second kappa shape index (κ2) is 8.08. The highest BCUT2D eigenvalue weighted by atomic mass is 35.5. The van der Waals surface area contributed by atoms with Gasteiger partial charge in [0.25, 0.3) is 5.88 Å². The molecule has 1 heterocycles. The van der Waals surface area contributed by atoms with Gasteiger partial charge < -0.3 is 32.6 Å². The van der Waals surface area contributed by atoms with E-state index in [1.165, 1.54) is 0 Å². The van der Waals surface area contributed by atoms with Crippen LogP contribution in [0.5, 0.6) is 5.88 Å². The Kier molecular flexibility index (Phi) is 6.45. The Balaban J connectivity index is 2.58. The minimum Gasteiger partial charge on any atom is -0.387 e. The van der Waals surface area contributed by atoms with Gasteiger partial charge in [-0.1, -0.05) is 24.9 Å². The van der Waals surface area contributed by atoms with E-state index < -0.39 is 6.09 Å². The van der Waals surface area contributed by atoms with Gasteiger partial charge in [-0.25, -0.2) is 9.78 Å². The summed E-state index contributed by atoms with van der Waals surface area (Å²) in [4.78, 5) is 19.1. The Labute approximate surface area is 132 Å². The van der Waals surface area contributed by atoms with Crippen LogP contribution in [0.2, 0.25) is 5.15 Å². The molecule has 0 saturated heterocycles. The third kappa shape index (κ3) is 5.48. The molecule has 0 aliphatic heterocycles. The number of nitrogens with one attached hydrogen (secondary N) is 3. The molecule has 0 aliphatic carbocycles. The van der Waals surface area contributed by atoms with Crippen LogP contribution < -0.4 is 32.6 Å². The lowest BCUT2D eigenvalue weighted by atomic mass is 10.1. The van der Waals surface area contributed by atoms with Crippen LogP contribution in [-0.4, -0.2) is 34.6 Å². The summed E-state index contributed by atoms with van der Waals surface area (Å²) < 4.78 is 4.91. The Hall–Kier alpha value is -2.49. The van der Waals surface area contributed by atoms with E-state index in [4.69, 9.17) is 38.9 Å². The Morgan fingerprint density at radius 2 is 2.09 bits per heavy atom. The molecule has 0 aromatic carbocycles. The minimum absolute atomic E-state index is 0.0550. The second-order valence-corrected chi connectivity index (χ2v) is 4.76. The summed E-state index contributed by atoms with van der Waals surface area (Å²) in [5.74, 6) is -0.609. The summed E-state index contributed by atoms with van der Waals surface area (Å²) in [6.07, 6.45) is 0.789. The molecule has 122 valence electrons. The molecule has 1 rings (SSSR count). The van der Waals surface area contributed by atoms with E-state index in [9.17, 15) is 4.79 Å². The van der Waals surface area contributed by atoms with E-state index in [0.717, 1.165) is 12.8 Å². The fourth-order valence-corrected chi connectivity index (χ4v) is 1.75. The van der Waals surface area contributed by atoms with Crippen molar-refractivity contribution in [2.24, 2.45) is 5.73 Å². The summed E-state index contributed by atoms with van der Waals surface area (Å²) in [5, 5.41) is 12.3. The number of nitrogens with two attached hydrogens (primary N) is 3. The molecule has 11 heteroatoms. The molecule has 1 aromatic heterocycles. The van der Waals surface area contributed by atoms with Gasteiger partial charge in [0.1, 0.15) is 0 Å². The zero-order valence-corrected chi connectivity index (χ0v) is 12.8. The molecule has 1 atom stereocenters. The lowest BCUT2D eigenvalue weighted by Gasteiger charge is -2.18. The summed E-state index contributed by atoms with van der Waals surface area (Å²) >= 11 is 5.68. The van der Waals surface area contributed by atoms with E-state index in [0.29, 0.717) is 0 Å². The SMILES string of the molecule is CCC[C@H](CNC(=O)Oc1nc(Cl)c(N)nc1N)NC(=N)N. The van der Waals surface area contributed by atoms with Crippen molar-refractivity contribution in [1.29, 1.82) is 5.41 Å². The highest BCUT2D eigenvalue weighted by molar-refractivity contribution is 6.31. The zero-order valence-electron chi connectivity index (χ0n) is 12.0. The second-order valence-electron chi connectivity index (χ2n) is 4.40. The van der Waals surface area contributed by atoms with Gasteiger partial charge in [0.05, 0.1) is 0 Å². The van der Waals surface area contributed by atoms with Crippen LogP contribution in [-0.2, 0) is 0 Å². The van der Waals surface area contributed by atoms with E-state index in [-0.39, 0.29) is 41.2 Å². The van der Waals surface area contributed by atoms with Gasteiger partial charge >= 0.3 is 6.09 Å². The van der Waals surface area contributed by atoms with Crippen LogP contribution in [0.4, 0.5) is 16.4 Å². The quantitative estimate of drug-likeness (QED) is 0.312. The molecule has 0 aliphatic rings. The minimum atomic E-state index is -0.784. The van der Waals surface area contributed by atoms with Gasteiger partial charge in [-0.05, 0) is 6.42 Å². The number of carbonyl (C=O) groups is 1. The molecular formula is C11H19ClN8O2. The number of halogens is 1. The van der Waals surface area contributed by atoms with Crippen LogP contribution in [0.25, 0.3) is 0 Å². The molecule has 0 spiro atoms. The van der Waals surface area contributed by atoms with Crippen LogP contribution >= 0.6 is 11.6 Å². The number of hydrogen-bond acceptors (Lipinski definition) is 7. The average molecular weight is 331 g/mol. The zero-order chi connectivity index (χ0) is 16.7. The number of rotatable bonds is 6. The van der Waals surface area contributed by atoms with Crippen LogP contribution in [0.15, 0.2) is 0 Å². The predicted octanol–water partition coefficient (Wildman–Crippen LogP) is 0.0346. The van der Waals surface area contributed by atoms with Crippen molar-refractivity contribution in [3.8, 4) is 5.88 Å². The van der Waals surface area contributed by atoms with Crippen molar-refractivity contribution in [2.75, 3.05) is 18.0 Å². The number of nitrogen functional groups attached to an aromatic ring is 2. The molecular weight excluding hydrogens is 312 g/mol. The standard InChI is InChI=1S/C11H19ClN8O2/c1-2-3-5(18-10(15)16)4-17-11(21)22-9-8(14)20-7(13)6(12)19-9/h5H,2-4H2,1H3,(H,17,21)(H4,13,14,20)(H4,15,16,18)/t5-/m1/s1. The highest BCUT2D eigenvalue weighted by Gasteiger charge is 2.15. The maximum atomic E-state index is 11.7. The molecule has 1 aromatic rings. The van der Waals surface area contributed by atoms with Crippen molar-refractivity contribution >= 4 is 35.3 Å². The molecule has 0 saturated carbocycles. The Morgan fingerprint density at radius 1 is 1.41 bits per heavy atom. The number of guanidine groups is 1. The van der Waals surface area contributed by atoms with Gasteiger partial charge in [0.15, 0.2) is 22.7 Å². The molecule has 0 unspecified atom stereocenters. The predicted molar refractivity (Wildman–Crippen MR) is 83.6 cm³/mol. The van der Waals surface area contributed by atoms with Crippen LogP contribution in [0.3, 0.4) is 0 Å². The number of ether oxygens (including phenoxy) is 1. The van der Waals surface area contributed by atoms with Gasteiger partial charge in [-0.15, -0.1) is 0 Å². The first-order chi connectivity index (χ1) is 10.3. The Bertz CT molecular complexity index is 553. The molecule has 10 nitrogen and oxygen atoms in total. The topological polar surface area (TPSA) is 178 Å². The van der Waals surface area contributed by atoms with Gasteiger partial charge in [-0.2, -0.15) is 4.98 Å². The van der Waals surface area contributed by atoms with Crippen molar-refractivity contribution in [2.45, 2.75) is 25.8 Å². The Morgan fingerprint density at radius 3 is 2.68 bits per heavy atom. The largest absolute Gasteiger partial charge is 0.414 e. The van der Waals surface area contributed by atoms with E-state index in [2.05, 4.69) is 20.6 Å². The molecule has 1 amide bonds. The van der Waals surface area contributed by atoms with Gasteiger partial charge in [-0.3, -0.25) is 5.41 Å². The van der Waals surface area contributed by atoms with E-state index in [1.54, 1.807) is 0 Å². The molecule has 0 fully saturated rings. The van der Waals surface area contributed by atoms with E-state index >= 15 is 0 Å². The maximum absolute atomic E-state index is 11.7. The summed E-state index contributed by atoms with van der Waals surface area (Å²) in [6.45, 7) is 2.18. The highest BCUT2D eigenvalue weighted by Crippen LogP contribution is 2.22. The van der Waals surface area contributed by atoms with E-state index in [1.807, 2.05) is 6.92 Å². The van der Waals surface area contributed by atoms with Crippen molar-refractivity contribution in [3.05, 3.63) is 5.15 Å². The average Bonchev–Trinajstić information content (AvgIpc) is 2.42. The number of hydrogen-bond donors (Lipinski definition) is 6. The molecule has 0 radical (unpaired) electrons. The fraction of sp³-hybridized carbons (Fsp3) is 0.455. The first-order valence-electron chi connectivity index (χ1n) is 6.48. The summed E-state index contributed by atoms with van der Waals surface area (Å²) in [6, 6.07) is -0.187. The maximum Gasteiger partial charge on any atom is 0.414 e. The number of anilines is 2. The molecule has 22 heavy (non-hydrogen) atoms. The van der Waals surface area contributed by atoms with Crippen molar-refractivity contribution < 1.29 is 9.53 Å². The monoisotopic (exact) mass is 330 g/mol. The molecule has 9 N–H and O–H groups in total. The molecule has 0 bridgehead atoms. The number of carbonyl (C=O) groups excluding carboxylic acids is 1. The lowest BCUT2D eigenvalue weighted by molar-refractivity contribution is 0.197. The smallest absolute Gasteiger partial charge is 0.387 e. The van der Waals surface area contributed by atoms with Crippen LogP contribution in [0.1, 0.15) is 19.8 Å².